The fraction of sp³-hybridized carbons (Fsp3) is 0.200. The molecule has 0 amide bonds. The highest BCUT2D eigenvalue weighted by Gasteiger charge is 2.01. The van der Waals surface area contributed by atoms with Crippen molar-refractivity contribution in [2.24, 2.45) is 5.11 Å². The number of rotatable bonds is 4. The van der Waals surface area contributed by atoms with Crippen LogP contribution in [0.15, 0.2) is 42.0 Å². The largest absolute Gasteiger partial charge is 0.594 e. The van der Waals surface area contributed by atoms with Gasteiger partial charge in [0.1, 0.15) is 12.3 Å². The Morgan fingerprint density at radius 3 is 2.64 bits per heavy atom. The molecule has 0 saturated heterocycles. The quantitative estimate of drug-likeness (QED) is 0.318. The Labute approximate surface area is 82.7 Å². The van der Waals surface area contributed by atoms with Crippen molar-refractivity contribution in [3.05, 3.63) is 42.1 Å². The van der Waals surface area contributed by atoms with Gasteiger partial charge in [-0.05, 0) is 17.2 Å². The van der Waals surface area contributed by atoms with Crippen molar-refractivity contribution >= 4 is 5.69 Å². The number of methoxy groups -OCH3 is 1. The third-order valence-electron chi connectivity index (χ3n) is 1.63. The van der Waals surface area contributed by atoms with Gasteiger partial charge in [0.2, 0.25) is 5.69 Å². The van der Waals surface area contributed by atoms with E-state index in [2.05, 4.69) is 11.7 Å². The molecule has 0 aromatic heterocycles. The molecule has 74 valence electrons. The lowest BCUT2D eigenvalue weighted by atomic mass is 10.3. The Hall–Kier alpha value is -1.84. The average Bonchev–Trinajstić information content (AvgIpc) is 2.26. The van der Waals surface area contributed by atoms with Crippen LogP contribution < -0.4 is 4.74 Å². The zero-order valence-corrected chi connectivity index (χ0v) is 8.01. The van der Waals surface area contributed by atoms with E-state index in [0.29, 0.717) is 22.8 Å². The molecule has 0 atom stereocenters. The highest BCUT2D eigenvalue weighted by Crippen LogP contribution is 2.17. The zero-order chi connectivity index (χ0) is 10.4. The van der Waals surface area contributed by atoms with Gasteiger partial charge in [-0.1, -0.05) is 10.9 Å². The molecule has 0 bridgehead atoms. The Balaban J connectivity index is 2.80. The van der Waals surface area contributed by atoms with Gasteiger partial charge >= 0.3 is 0 Å². The average molecular weight is 192 g/mol. The molecular weight excluding hydrogens is 180 g/mol. The summed E-state index contributed by atoms with van der Waals surface area (Å²) in [5.41, 5.74) is 0.479. The molecule has 0 unspecified atom stereocenters. The fourth-order valence-electron chi connectivity index (χ4n) is 0.923. The first kappa shape index (κ1) is 10.2. The van der Waals surface area contributed by atoms with Crippen LogP contribution in [0.25, 0.3) is 0 Å². The van der Waals surface area contributed by atoms with E-state index in [1.54, 1.807) is 37.5 Å². The van der Waals surface area contributed by atoms with Gasteiger partial charge in [-0.25, -0.2) is 0 Å². The third-order valence-corrected chi connectivity index (χ3v) is 1.63. The Morgan fingerprint density at radius 2 is 2.14 bits per heavy atom. The van der Waals surface area contributed by atoms with Gasteiger partial charge in [-0.3, -0.25) is 0 Å². The minimum absolute atomic E-state index is 0.315. The summed E-state index contributed by atoms with van der Waals surface area (Å²) in [6, 6.07) is 6.73. The molecule has 0 radical (unpaired) electrons. The van der Waals surface area contributed by atoms with Crippen LogP contribution in [-0.2, 0) is 0 Å². The van der Waals surface area contributed by atoms with E-state index in [-0.39, 0.29) is 0 Å². The summed E-state index contributed by atoms with van der Waals surface area (Å²) in [6.45, 7) is 3.79. The minimum atomic E-state index is 0.315. The Kier molecular flexibility index (Phi) is 3.67. The lowest BCUT2D eigenvalue weighted by Crippen LogP contribution is -1.92. The van der Waals surface area contributed by atoms with E-state index in [9.17, 15) is 5.21 Å². The number of nitrogens with zero attached hydrogens (tertiary/aromatic N) is 2. The highest BCUT2D eigenvalue weighted by atomic mass is 16.5. The molecular formula is C10H12N2O2. The maximum Gasteiger partial charge on any atom is 0.244 e. The number of ether oxygens (including phenoxy) is 1. The molecule has 0 spiro atoms. The van der Waals surface area contributed by atoms with Gasteiger partial charge < -0.3 is 9.94 Å². The highest BCUT2D eigenvalue weighted by molar-refractivity contribution is 5.35. The van der Waals surface area contributed by atoms with Crippen molar-refractivity contribution in [2.45, 2.75) is 0 Å². The van der Waals surface area contributed by atoms with Gasteiger partial charge in [-0.15, -0.1) is 6.58 Å². The lowest BCUT2D eigenvalue weighted by Gasteiger charge is -2.00. The summed E-state index contributed by atoms with van der Waals surface area (Å²) in [7, 11) is 1.58. The molecule has 1 rings (SSSR count). The molecule has 4 nitrogen and oxygen atoms in total. The second-order valence-electron chi connectivity index (χ2n) is 2.58. The molecule has 0 saturated carbocycles. The second-order valence-corrected chi connectivity index (χ2v) is 2.58. The Morgan fingerprint density at radius 1 is 1.50 bits per heavy atom. The second kappa shape index (κ2) is 5.01. The topological polar surface area (TPSA) is 47.7 Å². The normalized spacial score (nSPS) is 11.1. The molecule has 0 heterocycles. The van der Waals surface area contributed by atoms with E-state index in [1.165, 1.54) is 0 Å². The van der Waals surface area contributed by atoms with Crippen LogP contribution in [0.2, 0.25) is 0 Å². The maximum absolute atomic E-state index is 11.3. The van der Waals surface area contributed by atoms with Crippen molar-refractivity contribution in [1.29, 1.82) is 0 Å². The van der Waals surface area contributed by atoms with Crippen LogP contribution in [0.4, 0.5) is 5.69 Å². The minimum Gasteiger partial charge on any atom is -0.594 e. The van der Waals surface area contributed by atoms with Crippen molar-refractivity contribution in [3.63, 3.8) is 0 Å². The smallest absolute Gasteiger partial charge is 0.244 e. The van der Waals surface area contributed by atoms with Crippen LogP contribution in [0.1, 0.15) is 0 Å². The monoisotopic (exact) mass is 192 g/mol. The zero-order valence-electron chi connectivity index (χ0n) is 8.01. The summed E-state index contributed by atoms with van der Waals surface area (Å²) in [5.74, 6) is 0.714. The number of benzene rings is 1. The van der Waals surface area contributed by atoms with Crippen LogP contribution >= 0.6 is 0 Å². The van der Waals surface area contributed by atoms with E-state index >= 15 is 0 Å². The van der Waals surface area contributed by atoms with Crippen LogP contribution in [-0.4, -0.2) is 18.5 Å². The van der Waals surface area contributed by atoms with Crippen molar-refractivity contribution in [3.8, 4) is 5.75 Å². The molecule has 1 aromatic carbocycles. The molecule has 0 N–H and O–H groups in total. The van der Waals surface area contributed by atoms with Crippen molar-refractivity contribution in [2.75, 3.05) is 13.7 Å². The maximum atomic E-state index is 11.3. The van der Waals surface area contributed by atoms with Crippen molar-refractivity contribution < 1.29 is 9.60 Å². The predicted octanol–water partition coefficient (Wildman–Crippen LogP) is 2.48. The standard InChI is InChI=1S/C10H12N2O2/c1-3-8-11-12(13)9-4-6-10(14-2)7-5-9/h3-7H,1,8H2,2H3/b12-11-. The van der Waals surface area contributed by atoms with Gasteiger partial charge in [0.25, 0.3) is 0 Å². The summed E-state index contributed by atoms with van der Waals surface area (Å²) >= 11 is 0. The molecule has 1 aromatic rings. The number of azo groups is 1. The SMILES string of the molecule is C=CC/N=[N+](\[O-])c1ccc(OC)cc1. The third kappa shape index (κ3) is 2.58. The predicted molar refractivity (Wildman–Crippen MR) is 53.8 cm³/mol. The Bertz CT molecular complexity index is 330. The molecule has 4 heteroatoms. The molecule has 0 aliphatic rings. The van der Waals surface area contributed by atoms with E-state index in [0.717, 1.165) is 0 Å². The summed E-state index contributed by atoms with van der Waals surface area (Å²) in [4.78, 5) is 0.571. The van der Waals surface area contributed by atoms with Crippen LogP contribution in [0, 0.1) is 5.21 Å². The lowest BCUT2D eigenvalue weighted by molar-refractivity contribution is -0.441. The van der Waals surface area contributed by atoms with Gasteiger partial charge in [0.15, 0.2) is 0 Å². The molecule has 0 fully saturated rings. The van der Waals surface area contributed by atoms with Gasteiger partial charge in [-0.2, -0.15) is 0 Å². The number of hydrogen-bond acceptors (Lipinski definition) is 3. The first-order chi connectivity index (χ1) is 6.77. The van der Waals surface area contributed by atoms with Gasteiger partial charge in [0.05, 0.1) is 7.11 Å². The van der Waals surface area contributed by atoms with Crippen LogP contribution in [0.5, 0.6) is 5.75 Å². The fourth-order valence-corrected chi connectivity index (χ4v) is 0.923. The summed E-state index contributed by atoms with van der Waals surface area (Å²) < 4.78 is 4.96. The van der Waals surface area contributed by atoms with E-state index in [4.69, 9.17) is 4.74 Å². The number of hydrogen-bond donors (Lipinski definition) is 0. The molecule has 14 heavy (non-hydrogen) atoms. The van der Waals surface area contributed by atoms with E-state index in [1.807, 2.05) is 0 Å². The molecule has 0 aliphatic carbocycles. The molecule has 0 aliphatic heterocycles. The van der Waals surface area contributed by atoms with Crippen LogP contribution in [0.3, 0.4) is 0 Å². The first-order valence-electron chi connectivity index (χ1n) is 4.17. The first-order valence-corrected chi connectivity index (χ1v) is 4.17. The van der Waals surface area contributed by atoms with E-state index < -0.39 is 0 Å². The summed E-state index contributed by atoms with van der Waals surface area (Å²) in [5, 5.41) is 15.0. The van der Waals surface area contributed by atoms with Gasteiger partial charge in [0, 0.05) is 12.1 Å². The summed E-state index contributed by atoms with van der Waals surface area (Å²) in [6.07, 6.45) is 1.56. The van der Waals surface area contributed by atoms with Crippen molar-refractivity contribution in [1.82, 2.24) is 0 Å².